The van der Waals surface area contributed by atoms with Crippen molar-refractivity contribution in [3.63, 3.8) is 0 Å². The Morgan fingerprint density at radius 2 is 2.32 bits per heavy atom. The van der Waals surface area contributed by atoms with E-state index >= 15 is 0 Å². The largest absolute Gasteiger partial charge is 0.378 e. The maximum absolute atomic E-state index is 11.9. The molecule has 8 heteroatoms. The average Bonchev–Trinajstić information content (AvgIpc) is 2.93. The van der Waals surface area contributed by atoms with Gasteiger partial charge in [-0.05, 0) is 0 Å². The Morgan fingerprint density at radius 1 is 1.47 bits per heavy atom. The highest BCUT2D eigenvalue weighted by Crippen LogP contribution is 2.10. The van der Waals surface area contributed by atoms with E-state index in [1.54, 1.807) is 11.1 Å². The SMILES string of the molecule is O=C(NC[C@@H]1Cn2nncc2CO1)N1CCOCC1. The number of nitrogens with one attached hydrogen (secondary N) is 1. The van der Waals surface area contributed by atoms with E-state index < -0.39 is 0 Å². The van der Waals surface area contributed by atoms with Gasteiger partial charge in [-0.2, -0.15) is 0 Å². The van der Waals surface area contributed by atoms with Gasteiger partial charge in [0.05, 0.1) is 44.4 Å². The van der Waals surface area contributed by atoms with Crippen LogP contribution in [0.5, 0.6) is 0 Å². The third-order valence-electron chi connectivity index (χ3n) is 3.32. The van der Waals surface area contributed by atoms with Gasteiger partial charge in [-0.3, -0.25) is 0 Å². The zero-order valence-corrected chi connectivity index (χ0v) is 10.6. The summed E-state index contributed by atoms with van der Waals surface area (Å²) in [7, 11) is 0. The van der Waals surface area contributed by atoms with Gasteiger partial charge in [0, 0.05) is 19.6 Å². The highest BCUT2D eigenvalue weighted by molar-refractivity contribution is 5.74. The number of nitrogens with zero attached hydrogens (tertiary/aromatic N) is 4. The molecule has 1 aromatic heterocycles. The Labute approximate surface area is 110 Å². The maximum Gasteiger partial charge on any atom is 0.317 e. The van der Waals surface area contributed by atoms with Crippen LogP contribution in [0.2, 0.25) is 0 Å². The second-order valence-corrected chi connectivity index (χ2v) is 4.63. The first-order chi connectivity index (χ1) is 9.33. The summed E-state index contributed by atoms with van der Waals surface area (Å²) in [5.74, 6) is 0. The molecule has 0 aliphatic carbocycles. The maximum atomic E-state index is 11.9. The fourth-order valence-corrected chi connectivity index (χ4v) is 2.20. The Morgan fingerprint density at radius 3 is 3.16 bits per heavy atom. The molecular formula is C11H17N5O3. The molecule has 3 heterocycles. The predicted octanol–water partition coefficient (Wildman–Crippen LogP) is -0.781. The number of carbonyl (C=O) groups is 1. The van der Waals surface area contributed by atoms with Crippen molar-refractivity contribution < 1.29 is 14.3 Å². The first-order valence-electron chi connectivity index (χ1n) is 6.42. The minimum Gasteiger partial charge on any atom is -0.378 e. The lowest BCUT2D eigenvalue weighted by Gasteiger charge is -2.29. The summed E-state index contributed by atoms with van der Waals surface area (Å²) >= 11 is 0. The molecule has 1 fully saturated rings. The quantitative estimate of drug-likeness (QED) is 0.760. The zero-order chi connectivity index (χ0) is 13.1. The van der Waals surface area contributed by atoms with Crippen molar-refractivity contribution >= 4 is 6.03 Å². The molecule has 0 aromatic carbocycles. The number of aromatic nitrogens is 3. The van der Waals surface area contributed by atoms with E-state index in [-0.39, 0.29) is 12.1 Å². The minimum absolute atomic E-state index is 0.0563. The molecule has 3 rings (SSSR count). The van der Waals surface area contributed by atoms with Gasteiger partial charge in [0.25, 0.3) is 0 Å². The highest BCUT2D eigenvalue weighted by atomic mass is 16.5. The lowest BCUT2D eigenvalue weighted by molar-refractivity contribution is 0.000852. The van der Waals surface area contributed by atoms with Gasteiger partial charge >= 0.3 is 6.03 Å². The molecular weight excluding hydrogens is 250 g/mol. The third-order valence-corrected chi connectivity index (χ3v) is 3.32. The van der Waals surface area contributed by atoms with Crippen LogP contribution in [0.1, 0.15) is 5.69 Å². The number of morpholine rings is 1. The Kier molecular flexibility index (Phi) is 3.60. The Hall–Kier alpha value is -1.67. The van der Waals surface area contributed by atoms with E-state index in [0.717, 1.165) is 5.69 Å². The molecule has 0 saturated carbocycles. The Bertz CT molecular complexity index is 443. The summed E-state index contributed by atoms with van der Waals surface area (Å²) in [6.07, 6.45) is 1.64. The van der Waals surface area contributed by atoms with Crippen LogP contribution < -0.4 is 5.32 Å². The van der Waals surface area contributed by atoms with E-state index in [2.05, 4.69) is 15.6 Å². The van der Waals surface area contributed by atoms with Crippen LogP contribution >= 0.6 is 0 Å². The number of amides is 2. The van der Waals surface area contributed by atoms with Crippen molar-refractivity contribution in [1.82, 2.24) is 25.2 Å². The number of carbonyl (C=O) groups excluding carboxylic acids is 1. The number of urea groups is 1. The fourth-order valence-electron chi connectivity index (χ4n) is 2.20. The summed E-state index contributed by atoms with van der Waals surface area (Å²) in [5.41, 5.74) is 0.968. The average molecular weight is 267 g/mol. The van der Waals surface area contributed by atoms with Crippen molar-refractivity contribution in [2.45, 2.75) is 19.3 Å². The van der Waals surface area contributed by atoms with Gasteiger partial charge < -0.3 is 19.7 Å². The van der Waals surface area contributed by atoms with Crippen LogP contribution in [-0.2, 0) is 22.6 Å². The van der Waals surface area contributed by atoms with E-state index in [1.807, 2.05) is 4.68 Å². The first-order valence-corrected chi connectivity index (χ1v) is 6.42. The van der Waals surface area contributed by atoms with Gasteiger partial charge in [-0.1, -0.05) is 5.21 Å². The normalized spacial score (nSPS) is 22.9. The Balaban J connectivity index is 1.46. The summed E-state index contributed by atoms with van der Waals surface area (Å²) in [6.45, 7) is 4.10. The van der Waals surface area contributed by atoms with E-state index in [1.165, 1.54) is 0 Å². The van der Waals surface area contributed by atoms with Gasteiger partial charge in [-0.25, -0.2) is 9.48 Å². The molecule has 1 saturated heterocycles. The smallest absolute Gasteiger partial charge is 0.317 e. The number of hydrogen-bond donors (Lipinski definition) is 1. The second kappa shape index (κ2) is 5.54. The first kappa shape index (κ1) is 12.4. The van der Waals surface area contributed by atoms with Crippen LogP contribution in [0, 0.1) is 0 Å². The number of rotatable bonds is 2. The van der Waals surface area contributed by atoms with E-state index in [0.29, 0.717) is 46.0 Å². The summed E-state index contributed by atoms with van der Waals surface area (Å²) < 4.78 is 12.7. The van der Waals surface area contributed by atoms with Gasteiger partial charge in [0.15, 0.2) is 0 Å². The van der Waals surface area contributed by atoms with Crippen molar-refractivity contribution in [2.75, 3.05) is 32.8 Å². The molecule has 0 radical (unpaired) electrons. The number of hydrogen-bond acceptors (Lipinski definition) is 5. The number of fused-ring (bicyclic) bond motifs is 1. The molecule has 2 aliphatic heterocycles. The molecule has 104 valence electrons. The summed E-state index contributed by atoms with van der Waals surface area (Å²) in [5, 5.41) is 10.7. The third kappa shape index (κ3) is 2.85. The van der Waals surface area contributed by atoms with Crippen LogP contribution in [0.3, 0.4) is 0 Å². The molecule has 2 aliphatic rings. The highest BCUT2D eigenvalue weighted by Gasteiger charge is 2.22. The molecule has 0 unspecified atom stereocenters. The minimum atomic E-state index is -0.0590. The summed E-state index contributed by atoms with van der Waals surface area (Å²) in [4.78, 5) is 13.7. The van der Waals surface area contributed by atoms with Gasteiger partial charge in [-0.15, -0.1) is 5.10 Å². The van der Waals surface area contributed by atoms with Crippen molar-refractivity contribution in [1.29, 1.82) is 0 Å². The number of ether oxygens (including phenoxy) is 2. The van der Waals surface area contributed by atoms with Crippen LogP contribution in [0.4, 0.5) is 4.79 Å². The van der Waals surface area contributed by atoms with Crippen molar-refractivity contribution in [3.05, 3.63) is 11.9 Å². The van der Waals surface area contributed by atoms with Gasteiger partial charge in [0.2, 0.25) is 0 Å². The zero-order valence-electron chi connectivity index (χ0n) is 10.6. The molecule has 19 heavy (non-hydrogen) atoms. The molecule has 1 aromatic rings. The standard InChI is InChI=1S/C11H17N5O3/c17-11(15-1-3-18-4-2-15)12-6-10-7-16-9(8-19-10)5-13-14-16/h5,10H,1-4,6-8H2,(H,12,17)/t10-/m1/s1. The van der Waals surface area contributed by atoms with Crippen molar-refractivity contribution in [3.8, 4) is 0 Å². The van der Waals surface area contributed by atoms with Crippen molar-refractivity contribution in [2.24, 2.45) is 0 Å². The predicted molar refractivity (Wildman–Crippen MR) is 64.4 cm³/mol. The van der Waals surface area contributed by atoms with Gasteiger partial charge in [0.1, 0.15) is 0 Å². The molecule has 1 atom stereocenters. The van der Waals surface area contributed by atoms with Crippen LogP contribution in [0.25, 0.3) is 0 Å². The summed E-state index contributed by atoms with van der Waals surface area (Å²) in [6, 6.07) is -0.0590. The molecule has 2 amide bonds. The van der Waals surface area contributed by atoms with E-state index in [9.17, 15) is 4.79 Å². The second-order valence-electron chi connectivity index (χ2n) is 4.63. The lowest BCUT2D eigenvalue weighted by atomic mass is 10.3. The molecule has 1 N–H and O–H groups in total. The topological polar surface area (TPSA) is 81.5 Å². The van der Waals surface area contributed by atoms with E-state index in [4.69, 9.17) is 9.47 Å². The van der Waals surface area contributed by atoms with Crippen LogP contribution in [-0.4, -0.2) is 64.9 Å². The molecule has 0 spiro atoms. The van der Waals surface area contributed by atoms with Crippen LogP contribution in [0.15, 0.2) is 6.20 Å². The lowest BCUT2D eigenvalue weighted by Crippen LogP contribution is -2.49. The monoisotopic (exact) mass is 267 g/mol. The molecule has 8 nitrogen and oxygen atoms in total. The fraction of sp³-hybridized carbons (Fsp3) is 0.727. The molecule has 0 bridgehead atoms.